The molecule has 0 bridgehead atoms. The summed E-state index contributed by atoms with van der Waals surface area (Å²) in [6.45, 7) is 24.3. The summed E-state index contributed by atoms with van der Waals surface area (Å²) in [7, 11) is 0. The molecule has 0 aromatic heterocycles. The predicted octanol–water partition coefficient (Wildman–Crippen LogP) is 6.00. The number of aliphatic hydroxyl groups excluding tert-OH is 1. The summed E-state index contributed by atoms with van der Waals surface area (Å²) < 4.78 is 25.3. The van der Waals surface area contributed by atoms with Gasteiger partial charge in [0.05, 0.1) is 37.1 Å². The molecule has 2 heterocycles. The lowest BCUT2D eigenvalue weighted by molar-refractivity contribution is -0.215. The minimum atomic E-state index is -1.03. The quantitative estimate of drug-likeness (QED) is 0.318. The molecular weight excluding hydrogens is 606 g/mol. The molecule has 7 aliphatic rings. The Balaban J connectivity index is 1.13. The molecule has 48 heavy (non-hydrogen) atoms. The van der Waals surface area contributed by atoms with Crippen LogP contribution in [0.15, 0.2) is 0 Å². The lowest BCUT2D eigenvalue weighted by Crippen LogP contribution is -2.60. The smallest absolute Gasteiger partial charge is 0.326 e. The third-order valence-electron chi connectivity index (χ3n) is 16.5. The first kappa shape index (κ1) is 35.6. The fraction of sp³-hybridized carbons (Fsp3) is 0.975. The van der Waals surface area contributed by atoms with Gasteiger partial charge in [-0.05, 0) is 126 Å². The molecule has 2 N–H and O–H groups in total. The normalized spacial score (nSPS) is 50.4. The predicted molar refractivity (Wildman–Crippen MR) is 184 cm³/mol. The van der Waals surface area contributed by atoms with Crippen molar-refractivity contribution in [3.05, 3.63) is 0 Å². The summed E-state index contributed by atoms with van der Waals surface area (Å²) in [5.74, 6) is 1.48. The number of rotatable bonds is 7. The fourth-order valence-electron chi connectivity index (χ4n) is 14.3. The monoisotopic (exact) mass is 673 g/mol. The Morgan fingerprint density at radius 1 is 1.04 bits per heavy atom. The van der Waals surface area contributed by atoms with Crippen LogP contribution in [0.3, 0.4) is 0 Å². The first-order valence-corrected chi connectivity index (χ1v) is 19.6. The molecule has 0 aromatic carbocycles. The Labute approximate surface area is 290 Å². The number of hydrogen-bond donors (Lipinski definition) is 2. The van der Waals surface area contributed by atoms with E-state index in [-0.39, 0.29) is 69.4 Å². The van der Waals surface area contributed by atoms with Crippen molar-refractivity contribution in [2.45, 2.75) is 169 Å². The van der Waals surface area contributed by atoms with Crippen molar-refractivity contribution >= 4 is 5.97 Å². The highest BCUT2D eigenvalue weighted by Gasteiger charge is 2.84. The summed E-state index contributed by atoms with van der Waals surface area (Å²) in [6.07, 6.45) is 7.12. The van der Waals surface area contributed by atoms with Crippen molar-refractivity contribution in [3.8, 4) is 0 Å². The second-order valence-electron chi connectivity index (χ2n) is 19.4. The molecule has 5 saturated carbocycles. The molecule has 5 aliphatic carbocycles. The third-order valence-corrected chi connectivity index (χ3v) is 16.5. The van der Waals surface area contributed by atoms with Crippen LogP contribution in [-0.4, -0.2) is 95.7 Å². The number of ether oxygens (including phenoxy) is 4. The molecule has 7 fully saturated rings. The van der Waals surface area contributed by atoms with Crippen LogP contribution < -0.4 is 0 Å². The second kappa shape index (κ2) is 11.6. The van der Waals surface area contributed by atoms with Crippen molar-refractivity contribution in [2.24, 2.45) is 50.7 Å². The van der Waals surface area contributed by atoms with Crippen molar-refractivity contribution in [2.75, 3.05) is 26.4 Å². The van der Waals surface area contributed by atoms with Gasteiger partial charge in [0.25, 0.3) is 0 Å². The van der Waals surface area contributed by atoms with Crippen LogP contribution in [0, 0.1) is 50.7 Å². The van der Waals surface area contributed by atoms with E-state index in [1.165, 1.54) is 12.8 Å². The number of hydrogen-bond acceptors (Lipinski definition) is 8. The summed E-state index contributed by atoms with van der Waals surface area (Å²) in [4.78, 5) is 15.9. The molecule has 0 amide bonds. The van der Waals surface area contributed by atoms with E-state index in [2.05, 4.69) is 53.4 Å². The van der Waals surface area contributed by atoms with Gasteiger partial charge in [0.2, 0.25) is 0 Å². The molecule has 7 rings (SSSR count). The molecule has 0 radical (unpaired) electrons. The largest absolute Gasteiger partial charge is 0.461 e. The number of nitrogens with zero attached hydrogens (tertiary/aromatic N) is 1. The highest BCUT2D eigenvalue weighted by atomic mass is 16.6. The van der Waals surface area contributed by atoms with E-state index >= 15 is 0 Å². The van der Waals surface area contributed by atoms with Gasteiger partial charge in [-0.15, -0.1) is 0 Å². The summed E-state index contributed by atoms with van der Waals surface area (Å²) in [5, 5.41) is 23.7. The fourth-order valence-corrected chi connectivity index (χ4v) is 14.3. The SMILES string of the molecule is CCO[C@@H]([C@H]1C[C@@H](C)[C@H]2[C@H](O1)[C@H](O)[C@@]1(C)[C@@H]3CC[C@H]4C(C)(C)[C@@H](OC(=O)[C@H]5COCCN5C(C)C)CCC45C[C@@]35CC[C@]21C)C(C)(C)O. The van der Waals surface area contributed by atoms with Gasteiger partial charge in [-0.3, -0.25) is 9.69 Å². The maximum absolute atomic E-state index is 13.7. The molecule has 2 saturated heterocycles. The van der Waals surface area contributed by atoms with Crippen LogP contribution in [0.2, 0.25) is 0 Å². The van der Waals surface area contributed by atoms with Crippen LogP contribution in [0.5, 0.6) is 0 Å². The number of morpholine rings is 1. The minimum Gasteiger partial charge on any atom is -0.461 e. The van der Waals surface area contributed by atoms with E-state index in [4.69, 9.17) is 18.9 Å². The van der Waals surface area contributed by atoms with E-state index in [1.54, 1.807) is 0 Å². The zero-order valence-electron chi connectivity index (χ0n) is 31.7. The maximum atomic E-state index is 13.7. The Kier molecular flexibility index (Phi) is 8.62. The Morgan fingerprint density at radius 3 is 2.40 bits per heavy atom. The second-order valence-corrected chi connectivity index (χ2v) is 19.4. The molecular formula is C40H67NO7. The number of carbonyl (C=O) groups excluding carboxylic acids is 1. The van der Waals surface area contributed by atoms with Gasteiger partial charge >= 0.3 is 5.97 Å². The van der Waals surface area contributed by atoms with Crippen LogP contribution in [0.1, 0.15) is 121 Å². The first-order chi connectivity index (χ1) is 22.4. The highest BCUT2D eigenvalue weighted by Crippen LogP contribution is 2.89. The molecule has 0 aromatic rings. The third kappa shape index (κ3) is 4.70. The van der Waals surface area contributed by atoms with Gasteiger partial charge in [0.15, 0.2) is 0 Å². The van der Waals surface area contributed by atoms with Gasteiger partial charge in [-0.25, -0.2) is 0 Å². The molecule has 8 heteroatoms. The van der Waals surface area contributed by atoms with Gasteiger partial charge < -0.3 is 29.2 Å². The van der Waals surface area contributed by atoms with Crippen LogP contribution >= 0.6 is 0 Å². The van der Waals surface area contributed by atoms with Crippen LogP contribution in [0.25, 0.3) is 0 Å². The lowest BCUT2D eigenvalue weighted by Gasteiger charge is -2.63. The van der Waals surface area contributed by atoms with Crippen LogP contribution in [-0.2, 0) is 23.7 Å². The topological polar surface area (TPSA) is 97.7 Å². The van der Waals surface area contributed by atoms with E-state index in [0.29, 0.717) is 37.6 Å². The standard InChI is InChI=1S/C40H67NO7/c1-11-46-33(36(7,8)44)26-20-24(4)30-31(47-26)32(42)38(10)28-13-12-27-35(5,6)29(48-34(43)25-21-45-19-18-41(25)23(2)3)14-15-39(27)22-40(28,39)17-16-37(30,38)9/h23-33,42,44H,11-22H2,1-10H3/t24-,25-,26-,27+,28+,29+,30+,31+,32+,33+,37-,38-,39?,40+/m1/s1. The highest BCUT2D eigenvalue weighted by molar-refractivity contribution is 5.76. The molecule has 1 unspecified atom stereocenters. The van der Waals surface area contributed by atoms with E-state index in [1.807, 2.05) is 20.8 Å². The Bertz CT molecular complexity index is 1250. The minimum absolute atomic E-state index is 0.0174. The van der Waals surface area contributed by atoms with Gasteiger partial charge in [-0.2, -0.15) is 0 Å². The average Bonchev–Trinajstić information content (AvgIpc) is 3.65. The van der Waals surface area contributed by atoms with Crippen LogP contribution in [0.4, 0.5) is 0 Å². The van der Waals surface area contributed by atoms with Crippen molar-refractivity contribution in [1.82, 2.24) is 4.90 Å². The lowest BCUT2D eigenvalue weighted by atomic mass is 9.41. The Morgan fingerprint density at radius 2 is 1.73 bits per heavy atom. The van der Waals surface area contributed by atoms with E-state index < -0.39 is 17.8 Å². The first-order valence-electron chi connectivity index (χ1n) is 19.6. The van der Waals surface area contributed by atoms with Crippen molar-refractivity contribution in [3.63, 3.8) is 0 Å². The zero-order valence-corrected chi connectivity index (χ0v) is 31.7. The van der Waals surface area contributed by atoms with Gasteiger partial charge in [0, 0.05) is 30.0 Å². The van der Waals surface area contributed by atoms with Crippen molar-refractivity contribution < 1.29 is 34.0 Å². The van der Waals surface area contributed by atoms with E-state index in [9.17, 15) is 15.0 Å². The molecule has 14 atom stereocenters. The zero-order chi connectivity index (χ0) is 34.8. The summed E-state index contributed by atoms with van der Waals surface area (Å²) in [5.41, 5.74) is -0.910. The van der Waals surface area contributed by atoms with E-state index in [0.717, 1.165) is 45.1 Å². The molecule has 8 nitrogen and oxygen atoms in total. The number of fused-ring (bicyclic) bond motifs is 4. The molecule has 274 valence electrons. The summed E-state index contributed by atoms with van der Waals surface area (Å²) in [6, 6.07) is -0.0519. The summed E-state index contributed by atoms with van der Waals surface area (Å²) >= 11 is 0. The molecule has 2 spiro atoms. The maximum Gasteiger partial charge on any atom is 0.326 e. The number of aliphatic hydroxyl groups is 2. The Hall–Kier alpha value is -0.770. The number of carbonyl (C=O) groups is 1. The number of esters is 1. The van der Waals surface area contributed by atoms with Crippen molar-refractivity contribution in [1.29, 1.82) is 0 Å². The molecule has 2 aliphatic heterocycles. The van der Waals surface area contributed by atoms with Gasteiger partial charge in [0.1, 0.15) is 18.2 Å². The average molecular weight is 674 g/mol. The van der Waals surface area contributed by atoms with Gasteiger partial charge in [-0.1, -0.05) is 34.6 Å².